The molecule has 0 saturated heterocycles. The minimum absolute atomic E-state index is 0.00190. The van der Waals surface area contributed by atoms with Crippen LogP contribution in [0, 0.1) is 0 Å². The van der Waals surface area contributed by atoms with E-state index < -0.39 is 18.1 Å². The van der Waals surface area contributed by atoms with Gasteiger partial charge in [0, 0.05) is 10.6 Å². The molecular weight excluding hydrogens is 270 g/mol. The van der Waals surface area contributed by atoms with Crippen LogP contribution in [0.25, 0.3) is 0 Å². The predicted molar refractivity (Wildman–Crippen MR) is 69.0 cm³/mol. The fraction of sp³-hybridized carbons (Fsp3) is 0.333. The number of hydrogen-bond acceptors (Lipinski definition) is 5. The van der Waals surface area contributed by atoms with Gasteiger partial charge in [-0.15, -0.1) is 5.11 Å². The third-order valence-electron chi connectivity index (χ3n) is 2.57. The Morgan fingerprint density at radius 1 is 1.53 bits per heavy atom. The first-order chi connectivity index (χ1) is 9.09. The van der Waals surface area contributed by atoms with Gasteiger partial charge in [-0.2, -0.15) is 5.11 Å². The van der Waals surface area contributed by atoms with Crippen molar-refractivity contribution in [2.75, 3.05) is 0 Å². The fourth-order valence-corrected chi connectivity index (χ4v) is 1.74. The van der Waals surface area contributed by atoms with Gasteiger partial charge < -0.3 is 9.94 Å². The lowest BCUT2D eigenvalue weighted by molar-refractivity contribution is -0.112. The number of benzene rings is 1. The van der Waals surface area contributed by atoms with Gasteiger partial charge in [0.25, 0.3) is 0 Å². The first-order valence-electron chi connectivity index (χ1n) is 5.66. The minimum Gasteiger partial charge on any atom is -0.391 e. The van der Waals surface area contributed by atoms with Crippen molar-refractivity contribution in [3.05, 3.63) is 34.9 Å². The molecule has 1 N–H and O–H groups in total. The number of amides is 1. The molecule has 0 spiro atoms. The molecule has 1 aliphatic heterocycles. The zero-order chi connectivity index (χ0) is 13.8. The van der Waals surface area contributed by atoms with E-state index in [0.29, 0.717) is 5.02 Å². The third-order valence-corrected chi connectivity index (χ3v) is 2.94. The second-order valence-electron chi connectivity index (χ2n) is 4.05. The molecule has 0 aromatic heterocycles. The first-order valence-corrected chi connectivity index (χ1v) is 6.04. The lowest BCUT2D eigenvalue weighted by Crippen LogP contribution is -2.30. The molecule has 7 heteroatoms. The Morgan fingerprint density at radius 3 is 2.95 bits per heavy atom. The van der Waals surface area contributed by atoms with E-state index in [-0.39, 0.29) is 12.3 Å². The summed E-state index contributed by atoms with van der Waals surface area (Å²) in [4.78, 5) is 16.5. The number of carbonyl (C=O) groups is 1. The topological polar surface area (TPSA) is 83.6 Å². The monoisotopic (exact) mass is 281 g/mol. The summed E-state index contributed by atoms with van der Waals surface area (Å²) < 4.78 is 0. The molecule has 0 radical (unpaired) electrons. The van der Waals surface area contributed by atoms with Crippen LogP contribution in [0.1, 0.15) is 12.5 Å². The lowest BCUT2D eigenvalue weighted by Gasteiger charge is -2.09. The van der Waals surface area contributed by atoms with Crippen molar-refractivity contribution in [1.82, 2.24) is 0 Å². The van der Waals surface area contributed by atoms with Crippen molar-refractivity contribution in [1.29, 1.82) is 0 Å². The van der Waals surface area contributed by atoms with E-state index in [2.05, 4.69) is 15.4 Å². The summed E-state index contributed by atoms with van der Waals surface area (Å²) in [5, 5.41) is 20.7. The smallest absolute Gasteiger partial charge is 0.315 e. The van der Waals surface area contributed by atoms with E-state index in [1.807, 2.05) is 6.07 Å². The molecule has 6 nitrogen and oxygen atoms in total. The Balaban J connectivity index is 2.03. The van der Waals surface area contributed by atoms with Crippen LogP contribution < -0.4 is 0 Å². The standard InChI is InChI=1S/C12H12ClN3O3/c1-7(17)10-11(12(18)15-14-10)16-19-6-8-4-2-3-5-9(8)13/h2-5,7,10,17H,6H2,1H3. The van der Waals surface area contributed by atoms with Crippen molar-refractivity contribution in [3.63, 3.8) is 0 Å². The van der Waals surface area contributed by atoms with Crippen LogP contribution in [0.2, 0.25) is 5.02 Å². The average molecular weight is 282 g/mol. The van der Waals surface area contributed by atoms with E-state index in [4.69, 9.17) is 16.4 Å². The number of rotatable bonds is 4. The lowest BCUT2D eigenvalue weighted by atomic mass is 10.1. The maximum absolute atomic E-state index is 11.4. The van der Waals surface area contributed by atoms with Crippen molar-refractivity contribution < 1.29 is 14.7 Å². The van der Waals surface area contributed by atoms with Gasteiger partial charge in [0.05, 0.1) is 6.10 Å². The fourth-order valence-electron chi connectivity index (χ4n) is 1.55. The minimum atomic E-state index is -0.849. The van der Waals surface area contributed by atoms with E-state index in [9.17, 15) is 9.90 Å². The summed E-state index contributed by atoms with van der Waals surface area (Å²) >= 11 is 5.96. The van der Waals surface area contributed by atoms with E-state index in [1.54, 1.807) is 18.2 Å². The quantitative estimate of drug-likeness (QED) is 0.856. The maximum atomic E-state index is 11.4. The Hall–Kier alpha value is -1.79. The molecule has 19 heavy (non-hydrogen) atoms. The van der Waals surface area contributed by atoms with Gasteiger partial charge in [-0.1, -0.05) is 35.0 Å². The molecule has 0 bridgehead atoms. The molecular formula is C12H12ClN3O3. The molecule has 1 aliphatic rings. The number of oxime groups is 1. The SMILES string of the molecule is CC(O)C1N=NC(=O)C1=NOCc1ccccc1Cl. The molecule has 0 aliphatic carbocycles. The number of carbonyl (C=O) groups excluding carboxylic acids is 1. The summed E-state index contributed by atoms with van der Waals surface area (Å²) in [7, 11) is 0. The van der Waals surface area contributed by atoms with Crippen LogP contribution in [0.3, 0.4) is 0 Å². The second-order valence-corrected chi connectivity index (χ2v) is 4.45. The van der Waals surface area contributed by atoms with Crippen molar-refractivity contribution >= 4 is 23.2 Å². The molecule has 100 valence electrons. The summed E-state index contributed by atoms with van der Waals surface area (Å²) in [5.41, 5.74) is 0.753. The van der Waals surface area contributed by atoms with E-state index in [1.165, 1.54) is 6.92 Å². The summed E-state index contributed by atoms with van der Waals surface area (Å²) in [6.45, 7) is 1.63. The Labute approximate surface area is 114 Å². The van der Waals surface area contributed by atoms with Crippen molar-refractivity contribution in [2.45, 2.75) is 25.7 Å². The summed E-state index contributed by atoms with van der Waals surface area (Å²) in [6, 6.07) is 6.39. The third kappa shape index (κ3) is 3.15. The van der Waals surface area contributed by atoms with Crippen molar-refractivity contribution in [2.24, 2.45) is 15.4 Å². The Morgan fingerprint density at radius 2 is 2.26 bits per heavy atom. The van der Waals surface area contributed by atoms with Crippen LogP contribution >= 0.6 is 11.6 Å². The highest BCUT2D eigenvalue weighted by atomic mass is 35.5. The number of azo groups is 1. The molecule has 1 aromatic rings. The molecule has 2 atom stereocenters. The van der Waals surface area contributed by atoms with Gasteiger partial charge in [-0.25, -0.2) is 0 Å². The zero-order valence-electron chi connectivity index (χ0n) is 10.2. The number of hydrogen-bond donors (Lipinski definition) is 1. The second kappa shape index (κ2) is 5.90. The molecule has 2 unspecified atom stereocenters. The van der Waals surface area contributed by atoms with Gasteiger partial charge in [-0.3, -0.25) is 4.79 Å². The Bertz CT molecular complexity index is 543. The highest BCUT2D eigenvalue weighted by Gasteiger charge is 2.33. The number of nitrogens with zero attached hydrogens (tertiary/aromatic N) is 3. The number of aliphatic hydroxyl groups excluding tert-OH is 1. The van der Waals surface area contributed by atoms with E-state index >= 15 is 0 Å². The van der Waals surface area contributed by atoms with Gasteiger partial charge in [0.2, 0.25) is 0 Å². The van der Waals surface area contributed by atoms with Crippen LogP contribution in [0.15, 0.2) is 39.6 Å². The van der Waals surface area contributed by atoms with Crippen LogP contribution in [-0.2, 0) is 16.2 Å². The van der Waals surface area contributed by atoms with Crippen LogP contribution in [-0.4, -0.2) is 28.9 Å². The van der Waals surface area contributed by atoms with Crippen LogP contribution in [0.4, 0.5) is 0 Å². The van der Waals surface area contributed by atoms with Crippen molar-refractivity contribution in [3.8, 4) is 0 Å². The highest BCUT2D eigenvalue weighted by Crippen LogP contribution is 2.17. The number of halogens is 1. The van der Waals surface area contributed by atoms with Crippen LogP contribution in [0.5, 0.6) is 0 Å². The summed E-state index contributed by atoms with van der Waals surface area (Å²) in [6.07, 6.45) is -0.849. The summed E-state index contributed by atoms with van der Waals surface area (Å²) in [5.74, 6) is -0.593. The largest absolute Gasteiger partial charge is 0.391 e. The molecule has 0 fully saturated rings. The van der Waals surface area contributed by atoms with Gasteiger partial charge in [0.15, 0.2) is 5.71 Å². The predicted octanol–water partition coefficient (Wildman–Crippen LogP) is 1.95. The van der Waals surface area contributed by atoms with Gasteiger partial charge >= 0.3 is 5.91 Å². The van der Waals surface area contributed by atoms with Gasteiger partial charge in [-0.05, 0) is 13.0 Å². The zero-order valence-corrected chi connectivity index (χ0v) is 10.9. The molecule has 2 rings (SSSR count). The molecule has 0 saturated carbocycles. The maximum Gasteiger partial charge on any atom is 0.315 e. The average Bonchev–Trinajstić information content (AvgIpc) is 2.74. The molecule has 1 aromatic carbocycles. The van der Waals surface area contributed by atoms with E-state index in [0.717, 1.165) is 5.56 Å². The number of aliphatic hydroxyl groups is 1. The Kier molecular flexibility index (Phi) is 4.24. The first kappa shape index (κ1) is 13.6. The normalized spacial score (nSPS) is 21.9. The molecule has 1 amide bonds. The van der Waals surface area contributed by atoms with Gasteiger partial charge in [0.1, 0.15) is 12.6 Å². The highest BCUT2D eigenvalue weighted by molar-refractivity contribution is 6.42. The molecule has 1 heterocycles.